The summed E-state index contributed by atoms with van der Waals surface area (Å²) in [5, 5.41) is 21.7. The van der Waals surface area contributed by atoms with E-state index in [1.165, 1.54) is 16.8 Å². The number of hydrogen-bond acceptors (Lipinski definition) is 6. The fraction of sp³-hybridized carbons (Fsp3) is 0.130. The average Bonchev–Trinajstić information content (AvgIpc) is 3.18. The lowest BCUT2D eigenvalue weighted by Crippen LogP contribution is -2.25. The zero-order valence-corrected chi connectivity index (χ0v) is 17.7. The average molecular weight is 437 g/mol. The predicted molar refractivity (Wildman–Crippen MR) is 121 cm³/mol. The quantitative estimate of drug-likeness (QED) is 0.281. The van der Waals surface area contributed by atoms with Gasteiger partial charge in [0.2, 0.25) is 0 Å². The fourth-order valence-corrected chi connectivity index (χ4v) is 4.98. The Balaban J connectivity index is 1.28. The number of amides is 1. The molecule has 1 amide bonds. The number of nitrogens with zero attached hydrogens (tertiary/aromatic N) is 1. The van der Waals surface area contributed by atoms with E-state index < -0.39 is 0 Å². The van der Waals surface area contributed by atoms with Crippen molar-refractivity contribution in [1.29, 1.82) is 0 Å². The van der Waals surface area contributed by atoms with E-state index >= 15 is 0 Å². The number of benzene rings is 3. The summed E-state index contributed by atoms with van der Waals surface area (Å²) in [4.78, 5) is 17.0. The fourth-order valence-electron chi connectivity index (χ4n) is 2.96. The molecule has 4 rings (SSSR count). The molecule has 0 saturated carbocycles. The third-order valence-electron chi connectivity index (χ3n) is 4.59. The van der Waals surface area contributed by atoms with E-state index in [1.54, 1.807) is 29.2 Å². The number of fused-ring (bicyclic) bond motifs is 1. The summed E-state index contributed by atoms with van der Waals surface area (Å²) in [6.45, 7) is 0.443. The smallest absolute Gasteiger partial charge is 0.251 e. The van der Waals surface area contributed by atoms with Gasteiger partial charge < -0.3 is 15.5 Å². The number of rotatable bonds is 7. The second-order valence-electron chi connectivity index (χ2n) is 6.76. The number of thiazole rings is 1. The maximum absolute atomic E-state index is 12.3. The molecule has 0 atom stereocenters. The lowest BCUT2D eigenvalue weighted by molar-refractivity contribution is 0.0954. The van der Waals surface area contributed by atoms with E-state index in [0.717, 1.165) is 26.7 Å². The van der Waals surface area contributed by atoms with Gasteiger partial charge in [0.25, 0.3) is 5.91 Å². The van der Waals surface area contributed by atoms with Gasteiger partial charge in [-0.15, -0.1) is 11.3 Å². The highest BCUT2D eigenvalue weighted by Gasteiger charge is 2.08. The van der Waals surface area contributed by atoms with E-state index in [-0.39, 0.29) is 17.4 Å². The van der Waals surface area contributed by atoms with Crippen LogP contribution in [0, 0.1) is 0 Å². The number of carbonyl (C=O) groups excluding carboxylic acids is 1. The van der Waals surface area contributed by atoms with Gasteiger partial charge in [0.15, 0.2) is 15.8 Å². The molecule has 0 spiro atoms. The van der Waals surface area contributed by atoms with E-state index in [4.69, 9.17) is 0 Å². The first-order valence-electron chi connectivity index (χ1n) is 9.45. The Morgan fingerprint density at radius 3 is 2.50 bits per heavy atom. The molecule has 0 bridgehead atoms. The summed E-state index contributed by atoms with van der Waals surface area (Å²) in [5.74, 6) is 0.359. The number of nitrogens with one attached hydrogen (secondary N) is 1. The molecule has 0 unspecified atom stereocenters. The zero-order chi connectivity index (χ0) is 20.9. The molecular weight excluding hydrogens is 416 g/mol. The van der Waals surface area contributed by atoms with Crippen molar-refractivity contribution in [2.45, 2.75) is 16.5 Å². The third-order valence-corrected chi connectivity index (χ3v) is 6.84. The Morgan fingerprint density at radius 2 is 1.73 bits per heavy atom. The van der Waals surface area contributed by atoms with Gasteiger partial charge in [-0.05, 0) is 53.9 Å². The van der Waals surface area contributed by atoms with E-state index in [2.05, 4.69) is 16.4 Å². The van der Waals surface area contributed by atoms with Crippen LogP contribution in [0.3, 0.4) is 0 Å². The van der Waals surface area contributed by atoms with E-state index in [9.17, 15) is 15.0 Å². The first-order chi connectivity index (χ1) is 14.6. The molecule has 152 valence electrons. The number of aromatic nitrogens is 1. The number of thioether (sulfide) groups is 1. The molecule has 0 aliphatic carbocycles. The van der Waals surface area contributed by atoms with Gasteiger partial charge in [-0.25, -0.2) is 4.98 Å². The molecule has 1 heterocycles. The van der Waals surface area contributed by atoms with E-state index in [0.29, 0.717) is 18.5 Å². The highest BCUT2D eigenvalue weighted by Crippen LogP contribution is 2.31. The van der Waals surface area contributed by atoms with Crippen LogP contribution in [0.4, 0.5) is 0 Å². The van der Waals surface area contributed by atoms with Gasteiger partial charge in [-0.2, -0.15) is 0 Å². The van der Waals surface area contributed by atoms with Crippen LogP contribution in [-0.2, 0) is 12.2 Å². The Morgan fingerprint density at radius 1 is 0.967 bits per heavy atom. The maximum atomic E-state index is 12.3. The Kier molecular flexibility index (Phi) is 6.21. The minimum absolute atomic E-state index is 0.136. The van der Waals surface area contributed by atoms with Crippen molar-refractivity contribution in [3.05, 3.63) is 83.4 Å². The number of carbonyl (C=O) groups is 1. The number of para-hydroxylation sites is 1. The molecule has 1 aromatic heterocycles. The van der Waals surface area contributed by atoms with Crippen LogP contribution in [0.25, 0.3) is 10.2 Å². The van der Waals surface area contributed by atoms with Crippen molar-refractivity contribution in [2.75, 3.05) is 6.54 Å². The van der Waals surface area contributed by atoms with Crippen molar-refractivity contribution in [2.24, 2.45) is 0 Å². The number of phenols is 2. The van der Waals surface area contributed by atoms with Crippen LogP contribution in [0.15, 0.2) is 71.1 Å². The lowest BCUT2D eigenvalue weighted by atomic mass is 10.1. The Bertz CT molecular complexity index is 1140. The molecule has 0 aliphatic heterocycles. The van der Waals surface area contributed by atoms with Crippen molar-refractivity contribution in [3.63, 3.8) is 0 Å². The Labute approximate surface area is 182 Å². The topological polar surface area (TPSA) is 82.5 Å². The molecule has 3 aromatic carbocycles. The van der Waals surface area contributed by atoms with Crippen molar-refractivity contribution in [1.82, 2.24) is 10.3 Å². The highest BCUT2D eigenvalue weighted by molar-refractivity contribution is 8.00. The van der Waals surface area contributed by atoms with Crippen LogP contribution >= 0.6 is 23.1 Å². The van der Waals surface area contributed by atoms with Gasteiger partial charge in [-0.3, -0.25) is 4.79 Å². The molecule has 5 nitrogen and oxygen atoms in total. The molecule has 4 aromatic rings. The molecule has 0 radical (unpaired) electrons. The molecular formula is C23H20N2O3S2. The van der Waals surface area contributed by atoms with Crippen LogP contribution < -0.4 is 5.32 Å². The molecule has 30 heavy (non-hydrogen) atoms. The summed E-state index contributed by atoms with van der Waals surface area (Å²) in [5.41, 5.74) is 3.61. The first-order valence-corrected chi connectivity index (χ1v) is 11.2. The number of aromatic hydroxyl groups is 2. The summed E-state index contributed by atoms with van der Waals surface area (Å²) < 4.78 is 2.23. The minimum atomic E-state index is -0.155. The SMILES string of the molecule is O=C(NCCc1ccc(O)c(O)c1)c1ccc(CSc2nc3ccccc3s2)cc1. The molecule has 7 heteroatoms. The zero-order valence-electron chi connectivity index (χ0n) is 16.0. The standard InChI is InChI=1S/C23H20N2O3S2/c26-19-10-7-15(13-20(19)27)11-12-24-22(28)17-8-5-16(6-9-17)14-29-23-25-18-3-1-2-4-21(18)30-23/h1-10,13,26-27H,11-12,14H2,(H,24,28). The maximum Gasteiger partial charge on any atom is 0.251 e. The lowest BCUT2D eigenvalue weighted by Gasteiger charge is -2.07. The third kappa shape index (κ3) is 4.93. The molecule has 0 saturated heterocycles. The van der Waals surface area contributed by atoms with Crippen LogP contribution in [-0.4, -0.2) is 27.6 Å². The van der Waals surface area contributed by atoms with E-state index in [1.807, 2.05) is 42.5 Å². The summed E-state index contributed by atoms with van der Waals surface area (Å²) in [6, 6.07) is 20.4. The second kappa shape index (κ2) is 9.19. The van der Waals surface area contributed by atoms with Gasteiger partial charge >= 0.3 is 0 Å². The largest absolute Gasteiger partial charge is 0.504 e. The molecule has 3 N–H and O–H groups in total. The normalized spacial score (nSPS) is 10.9. The first kappa shape index (κ1) is 20.3. The van der Waals surface area contributed by atoms with Crippen LogP contribution in [0.2, 0.25) is 0 Å². The predicted octanol–water partition coefficient (Wildman–Crippen LogP) is 4.97. The number of hydrogen-bond donors (Lipinski definition) is 3. The minimum Gasteiger partial charge on any atom is -0.504 e. The van der Waals surface area contributed by atoms with Gasteiger partial charge in [0, 0.05) is 17.9 Å². The van der Waals surface area contributed by atoms with Gasteiger partial charge in [0.1, 0.15) is 0 Å². The summed E-state index contributed by atoms with van der Waals surface area (Å²) in [6.07, 6.45) is 0.566. The van der Waals surface area contributed by atoms with Crippen LogP contribution in [0.5, 0.6) is 11.5 Å². The molecule has 0 fully saturated rings. The summed E-state index contributed by atoms with van der Waals surface area (Å²) in [7, 11) is 0. The van der Waals surface area contributed by atoms with Gasteiger partial charge in [0.05, 0.1) is 10.2 Å². The van der Waals surface area contributed by atoms with Gasteiger partial charge in [-0.1, -0.05) is 42.1 Å². The van der Waals surface area contributed by atoms with Crippen molar-refractivity contribution in [3.8, 4) is 11.5 Å². The second-order valence-corrected chi connectivity index (χ2v) is 9.02. The summed E-state index contributed by atoms with van der Waals surface area (Å²) >= 11 is 3.39. The number of phenolic OH excluding ortho intramolecular Hbond substituents is 2. The molecule has 0 aliphatic rings. The highest BCUT2D eigenvalue weighted by atomic mass is 32.2. The van der Waals surface area contributed by atoms with Crippen molar-refractivity contribution >= 4 is 39.2 Å². The van der Waals surface area contributed by atoms with Crippen LogP contribution in [0.1, 0.15) is 21.5 Å². The van der Waals surface area contributed by atoms with Crippen molar-refractivity contribution < 1.29 is 15.0 Å². The Hall–Kier alpha value is -3.03. The monoisotopic (exact) mass is 436 g/mol.